The average Bonchev–Trinajstić information content (AvgIpc) is 2.41. The van der Waals surface area contributed by atoms with Gasteiger partial charge in [0.1, 0.15) is 5.75 Å². The standard InChI is InChI=1S/C17H28O4S/c1-5-6-7-8-9-10-21-16-11-14(4)17(22(18,19)20)12-15(16)13(2)3/h11-13H,5-10H2,1-4H3,(H,18,19,20). The molecule has 126 valence electrons. The van der Waals surface area contributed by atoms with Crippen LogP contribution in [0.1, 0.15) is 69.9 Å². The van der Waals surface area contributed by atoms with Gasteiger partial charge in [-0.05, 0) is 42.5 Å². The molecule has 0 radical (unpaired) electrons. The van der Waals surface area contributed by atoms with Crippen LogP contribution in [-0.2, 0) is 10.1 Å². The fourth-order valence-corrected chi connectivity index (χ4v) is 3.16. The molecular weight excluding hydrogens is 300 g/mol. The van der Waals surface area contributed by atoms with Crippen LogP contribution < -0.4 is 4.74 Å². The predicted octanol–water partition coefficient (Wildman–Crippen LogP) is 4.71. The molecule has 1 N–H and O–H groups in total. The third-order valence-electron chi connectivity index (χ3n) is 3.71. The minimum atomic E-state index is -4.20. The second kappa shape index (κ2) is 8.53. The Bertz CT molecular complexity index is 577. The van der Waals surface area contributed by atoms with E-state index >= 15 is 0 Å². The lowest BCUT2D eigenvalue weighted by molar-refractivity contribution is 0.300. The molecule has 0 aliphatic rings. The quantitative estimate of drug-likeness (QED) is 0.526. The van der Waals surface area contributed by atoms with Crippen LogP contribution in [0.4, 0.5) is 0 Å². The van der Waals surface area contributed by atoms with Gasteiger partial charge < -0.3 is 4.74 Å². The van der Waals surface area contributed by atoms with E-state index in [0.717, 1.165) is 24.2 Å². The molecule has 0 fully saturated rings. The molecule has 0 aliphatic heterocycles. The minimum absolute atomic E-state index is 0.0357. The Kier molecular flexibility index (Phi) is 7.36. The van der Waals surface area contributed by atoms with E-state index < -0.39 is 10.1 Å². The first kappa shape index (κ1) is 19.0. The van der Waals surface area contributed by atoms with Crippen LogP contribution in [0.2, 0.25) is 0 Å². The van der Waals surface area contributed by atoms with Crippen LogP contribution in [0.5, 0.6) is 5.75 Å². The molecular formula is C17H28O4S. The van der Waals surface area contributed by atoms with Crippen LogP contribution in [0, 0.1) is 6.92 Å². The number of aryl methyl sites for hydroxylation is 1. The van der Waals surface area contributed by atoms with Crippen LogP contribution in [0.25, 0.3) is 0 Å². The molecule has 0 bridgehead atoms. The van der Waals surface area contributed by atoms with Crippen molar-refractivity contribution in [2.75, 3.05) is 6.61 Å². The fourth-order valence-electron chi connectivity index (χ4n) is 2.42. The summed E-state index contributed by atoms with van der Waals surface area (Å²) in [6.07, 6.45) is 5.83. The van der Waals surface area contributed by atoms with Crippen molar-refractivity contribution in [3.8, 4) is 5.75 Å². The maximum atomic E-state index is 11.4. The third kappa shape index (κ3) is 5.61. The molecule has 1 aromatic carbocycles. The lowest BCUT2D eigenvalue weighted by atomic mass is 10.0. The van der Waals surface area contributed by atoms with Crippen LogP contribution in [0.3, 0.4) is 0 Å². The van der Waals surface area contributed by atoms with Crippen molar-refractivity contribution >= 4 is 10.1 Å². The second-order valence-corrected chi connectivity index (χ2v) is 7.44. The SMILES string of the molecule is CCCCCCCOc1cc(C)c(S(=O)(=O)O)cc1C(C)C. The molecule has 22 heavy (non-hydrogen) atoms. The van der Waals surface area contributed by atoms with Gasteiger partial charge in [-0.3, -0.25) is 4.55 Å². The van der Waals surface area contributed by atoms with Crippen molar-refractivity contribution < 1.29 is 17.7 Å². The Hall–Kier alpha value is -1.07. The summed E-state index contributed by atoms with van der Waals surface area (Å²) in [5.41, 5.74) is 1.32. The number of hydrogen-bond acceptors (Lipinski definition) is 3. The fraction of sp³-hybridized carbons (Fsp3) is 0.647. The zero-order valence-electron chi connectivity index (χ0n) is 14.1. The summed E-state index contributed by atoms with van der Waals surface area (Å²) >= 11 is 0. The zero-order valence-corrected chi connectivity index (χ0v) is 14.9. The van der Waals surface area contributed by atoms with E-state index in [4.69, 9.17) is 4.74 Å². The van der Waals surface area contributed by atoms with E-state index in [1.165, 1.54) is 25.3 Å². The number of benzene rings is 1. The van der Waals surface area contributed by atoms with Gasteiger partial charge in [0.2, 0.25) is 0 Å². The molecule has 0 amide bonds. The first-order valence-electron chi connectivity index (χ1n) is 8.02. The number of rotatable bonds is 9. The Balaban J connectivity index is 2.84. The van der Waals surface area contributed by atoms with E-state index in [-0.39, 0.29) is 10.8 Å². The molecule has 1 aromatic rings. The predicted molar refractivity (Wildman–Crippen MR) is 89.3 cm³/mol. The summed E-state index contributed by atoms with van der Waals surface area (Å²) < 4.78 is 38.0. The van der Waals surface area contributed by atoms with Crippen molar-refractivity contribution in [1.82, 2.24) is 0 Å². The molecule has 0 atom stereocenters. The summed E-state index contributed by atoms with van der Waals surface area (Å²) in [6, 6.07) is 3.24. The normalized spacial score (nSPS) is 11.9. The Labute approximate surface area is 134 Å². The van der Waals surface area contributed by atoms with Gasteiger partial charge >= 0.3 is 0 Å². The van der Waals surface area contributed by atoms with Gasteiger partial charge in [-0.1, -0.05) is 46.5 Å². The lowest BCUT2D eigenvalue weighted by Gasteiger charge is -2.17. The summed E-state index contributed by atoms with van der Waals surface area (Å²) in [5, 5.41) is 0. The highest BCUT2D eigenvalue weighted by molar-refractivity contribution is 7.85. The van der Waals surface area contributed by atoms with E-state index in [2.05, 4.69) is 6.92 Å². The molecule has 0 unspecified atom stereocenters. The third-order valence-corrected chi connectivity index (χ3v) is 4.71. The topological polar surface area (TPSA) is 63.6 Å². The van der Waals surface area contributed by atoms with Gasteiger partial charge in [0, 0.05) is 0 Å². The van der Waals surface area contributed by atoms with Gasteiger partial charge in [-0.15, -0.1) is 0 Å². The average molecular weight is 328 g/mol. The highest BCUT2D eigenvalue weighted by atomic mass is 32.2. The van der Waals surface area contributed by atoms with Crippen LogP contribution >= 0.6 is 0 Å². The molecule has 5 heteroatoms. The van der Waals surface area contributed by atoms with Crippen LogP contribution in [-0.4, -0.2) is 19.6 Å². The molecule has 0 saturated carbocycles. The molecule has 1 rings (SSSR count). The molecule has 0 spiro atoms. The van der Waals surface area contributed by atoms with E-state index in [1.807, 2.05) is 13.8 Å². The van der Waals surface area contributed by atoms with Crippen molar-refractivity contribution in [2.45, 2.75) is 70.6 Å². The van der Waals surface area contributed by atoms with E-state index in [0.29, 0.717) is 12.2 Å². The maximum absolute atomic E-state index is 11.4. The van der Waals surface area contributed by atoms with E-state index in [9.17, 15) is 13.0 Å². The molecule has 0 saturated heterocycles. The van der Waals surface area contributed by atoms with Crippen molar-refractivity contribution in [1.29, 1.82) is 0 Å². The second-order valence-electron chi connectivity index (χ2n) is 6.05. The van der Waals surface area contributed by atoms with Gasteiger partial charge in [-0.2, -0.15) is 8.42 Å². The van der Waals surface area contributed by atoms with Gasteiger partial charge in [-0.25, -0.2) is 0 Å². The minimum Gasteiger partial charge on any atom is -0.493 e. The molecule has 0 aromatic heterocycles. The number of hydrogen-bond donors (Lipinski definition) is 1. The van der Waals surface area contributed by atoms with Gasteiger partial charge in [0.15, 0.2) is 0 Å². The maximum Gasteiger partial charge on any atom is 0.294 e. The summed E-state index contributed by atoms with van der Waals surface area (Å²) in [5.74, 6) is 0.839. The highest BCUT2D eigenvalue weighted by Crippen LogP contribution is 2.31. The number of unbranched alkanes of at least 4 members (excludes halogenated alkanes) is 4. The molecule has 4 nitrogen and oxygen atoms in total. The smallest absolute Gasteiger partial charge is 0.294 e. The van der Waals surface area contributed by atoms with Crippen molar-refractivity contribution in [3.05, 3.63) is 23.3 Å². The Morgan fingerprint density at radius 1 is 1.14 bits per heavy atom. The Morgan fingerprint density at radius 2 is 1.77 bits per heavy atom. The summed E-state index contributed by atoms with van der Waals surface area (Å²) in [7, 11) is -4.20. The number of ether oxygens (including phenoxy) is 1. The van der Waals surface area contributed by atoms with Gasteiger partial charge in [0.25, 0.3) is 10.1 Å². The largest absolute Gasteiger partial charge is 0.493 e. The Morgan fingerprint density at radius 3 is 2.32 bits per heavy atom. The monoisotopic (exact) mass is 328 g/mol. The van der Waals surface area contributed by atoms with E-state index in [1.54, 1.807) is 13.0 Å². The van der Waals surface area contributed by atoms with Crippen molar-refractivity contribution in [2.24, 2.45) is 0 Å². The van der Waals surface area contributed by atoms with Crippen LogP contribution in [0.15, 0.2) is 17.0 Å². The lowest BCUT2D eigenvalue weighted by Crippen LogP contribution is -2.07. The summed E-state index contributed by atoms with van der Waals surface area (Å²) in [6.45, 7) is 8.44. The van der Waals surface area contributed by atoms with Crippen molar-refractivity contribution in [3.63, 3.8) is 0 Å². The first-order valence-corrected chi connectivity index (χ1v) is 9.46. The molecule has 0 heterocycles. The molecule has 0 aliphatic carbocycles. The zero-order chi connectivity index (χ0) is 16.8. The summed E-state index contributed by atoms with van der Waals surface area (Å²) in [4.78, 5) is -0.0357. The van der Waals surface area contributed by atoms with Gasteiger partial charge in [0.05, 0.1) is 11.5 Å². The highest BCUT2D eigenvalue weighted by Gasteiger charge is 2.18. The first-order chi connectivity index (χ1) is 10.3.